The smallest absolute Gasteiger partial charge is 0.169 e. The van der Waals surface area contributed by atoms with Crippen LogP contribution < -0.4 is 5.73 Å². The third-order valence-corrected chi connectivity index (χ3v) is 4.79. The number of anilines is 1. The summed E-state index contributed by atoms with van der Waals surface area (Å²) >= 11 is 12.1. The summed E-state index contributed by atoms with van der Waals surface area (Å²) in [5.74, 6) is 0.475. The molecule has 126 valence electrons. The maximum Gasteiger partial charge on any atom is 0.169 e. The SMILES string of the molecule is Cl.Nc1nnn(-c2ccc(Cl)c(Cl)c2)c1CCN1CCCCC1. The van der Waals surface area contributed by atoms with E-state index in [1.807, 2.05) is 6.07 Å². The Labute approximate surface area is 152 Å². The highest BCUT2D eigenvalue weighted by Crippen LogP contribution is 2.25. The molecule has 1 fully saturated rings. The highest BCUT2D eigenvalue weighted by molar-refractivity contribution is 6.42. The Hall–Kier alpha value is -1.01. The number of nitrogen functional groups attached to an aromatic ring is 1. The molecule has 0 amide bonds. The van der Waals surface area contributed by atoms with Crippen LogP contribution in [0, 0.1) is 0 Å². The van der Waals surface area contributed by atoms with Crippen molar-refractivity contribution in [2.24, 2.45) is 0 Å². The summed E-state index contributed by atoms with van der Waals surface area (Å²) in [4.78, 5) is 2.47. The molecule has 1 aliphatic rings. The molecule has 8 heteroatoms. The van der Waals surface area contributed by atoms with E-state index in [1.54, 1.807) is 16.8 Å². The molecule has 0 bridgehead atoms. The van der Waals surface area contributed by atoms with Crippen LogP contribution in [-0.2, 0) is 6.42 Å². The summed E-state index contributed by atoms with van der Waals surface area (Å²) in [5, 5.41) is 9.16. The van der Waals surface area contributed by atoms with Crippen molar-refractivity contribution in [2.75, 3.05) is 25.4 Å². The molecule has 0 radical (unpaired) electrons. The van der Waals surface area contributed by atoms with Crippen LogP contribution in [0.1, 0.15) is 25.0 Å². The first kappa shape index (κ1) is 18.3. The normalized spacial score (nSPS) is 15.4. The minimum atomic E-state index is 0. The minimum absolute atomic E-state index is 0. The average Bonchev–Trinajstić information content (AvgIpc) is 2.90. The molecule has 0 atom stereocenters. The molecular formula is C15H20Cl3N5. The van der Waals surface area contributed by atoms with E-state index in [1.165, 1.54) is 19.3 Å². The van der Waals surface area contributed by atoms with E-state index in [-0.39, 0.29) is 12.4 Å². The molecule has 1 aromatic carbocycles. The molecule has 2 N–H and O–H groups in total. The summed E-state index contributed by atoms with van der Waals surface area (Å²) < 4.78 is 1.75. The summed E-state index contributed by atoms with van der Waals surface area (Å²) in [6, 6.07) is 5.40. The van der Waals surface area contributed by atoms with Crippen molar-refractivity contribution >= 4 is 41.4 Å². The van der Waals surface area contributed by atoms with Gasteiger partial charge in [-0.05, 0) is 44.1 Å². The molecule has 1 saturated heterocycles. The van der Waals surface area contributed by atoms with Crippen LogP contribution in [-0.4, -0.2) is 39.5 Å². The number of rotatable bonds is 4. The minimum Gasteiger partial charge on any atom is -0.381 e. The topological polar surface area (TPSA) is 60.0 Å². The van der Waals surface area contributed by atoms with E-state index in [0.717, 1.165) is 37.4 Å². The Balaban J connectivity index is 0.00000192. The predicted molar refractivity (Wildman–Crippen MR) is 97.0 cm³/mol. The number of likely N-dealkylation sites (tertiary alicyclic amines) is 1. The lowest BCUT2D eigenvalue weighted by Crippen LogP contribution is -2.32. The van der Waals surface area contributed by atoms with E-state index in [2.05, 4.69) is 15.2 Å². The zero-order chi connectivity index (χ0) is 15.5. The van der Waals surface area contributed by atoms with Gasteiger partial charge in [0.2, 0.25) is 0 Å². The van der Waals surface area contributed by atoms with Crippen molar-refractivity contribution in [3.8, 4) is 5.69 Å². The van der Waals surface area contributed by atoms with E-state index >= 15 is 0 Å². The highest BCUT2D eigenvalue weighted by Gasteiger charge is 2.16. The Morgan fingerprint density at radius 3 is 2.52 bits per heavy atom. The Morgan fingerprint density at radius 2 is 1.83 bits per heavy atom. The molecule has 0 aliphatic carbocycles. The van der Waals surface area contributed by atoms with Crippen molar-refractivity contribution in [1.82, 2.24) is 19.9 Å². The third kappa shape index (κ3) is 4.29. The first-order valence-electron chi connectivity index (χ1n) is 7.53. The maximum absolute atomic E-state index is 6.09. The number of nitrogens with two attached hydrogens (primary N) is 1. The lowest BCUT2D eigenvalue weighted by molar-refractivity contribution is 0.230. The number of benzene rings is 1. The molecule has 2 heterocycles. The summed E-state index contributed by atoms with van der Waals surface area (Å²) in [7, 11) is 0. The Kier molecular flexibility index (Phi) is 6.53. The van der Waals surface area contributed by atoms with E-state index in [4.69, 9.17) is 28.9 Å². The molecule has 0 saturated carbocycles. The standard InChI is InChI=1S/C15H19Cl2N5.ClH/c16-12-5-4-11(10-13(12)17)22-14(15(18)19-20-22)6-9-21-7-2-1-3-8-21;/h4-5,10H,1-3,6-9,18H2;1H. The predicted octanol–water partition coefficient (Wildman–Crippen LogP) is 3.61. The largest absolute Gasteiger partial charge is 0.381 e. The fourth-order valence-electron chi connectivity index (χ4n) is 2.82. The molecule has 23 heavy (non-hydrogen) atoms. The maximum atomic E-state index is 6.09. The second kappa shape index (κ2) is 8.20. The lowest BCUT2D eigenvalue weighted by atomic mass is 10.1. The van der Waals surface area contributed by atoms with Crippen LogP contribution in [0.5, 0.6) is 0 Å². The van der Waals surface area contributed by atoms with Crippen molar-refractivity contribution < 1.29 is 0 Å². The van der Waals surface area contributed by atoms with Gasteiger partial charge in [-0.2, -0.15) is 0 Å². The first-order valence-corrected chi connectivity index (χ1v) is 8.28. The zero-order valence-electron chi connectivity index (χ0n) is 12.7. The zero-order valence-corrected chi connectivity index (χ0v) is 15.0. The highest BCUT2D eigenvalue weighted by atomic mass is 35.5. The molecule has 5 nitrogen and oxygen atoms in total. The van der Waals surface area contributed by atoms with Gasteiger partial charge in [-0.25, -0.2) is 4.68 Å². The van der Waals surface area contributed by atoms with Crippen LogP contribution in [0.25, 0.3) is 5.69 Å². The molecule has 3 rings (SSSR count). The summed E-state index contributed by atoms with van der Waals surface area (Å²) in [5.41, 5.74) is 7.74. The van der Waals surface area contributed by atoms with E-state index in [0.29, 0.717) is 15.9 Å². The van der Waals surface area contributed by atoms with Gasteiger partial charge in [0.15, 0.2) is 5.82 Å². The number of hydrogen-bond acceptors (Lipinski definition) is 4. The van der Waals surface area contributed by atoms with Crippen LogP contribution >= 0.6 is 35.6 Å². The summed E-state index contributed by atoms with van der Waals surface area (Å²) in [6.07, 6.45) is 4.71. The Bertz CT molecular complexity index is 653. The molecule has 0 unspecified atom stereocenters. The number of nitrogens with zero attached hydrogens (tertiary/aromatic N) is 4. The van der Waals surface area contributed by atoms with Gasteiger partial charge in [0.25, 0.3) is 0 Å². The van der Waals surface area contributed by atoms with Gasteiger partial charge in [-0.3, -0.25) is 0 Å². The fraction of sp³-hybridized carbons (Fsp3) is 0.467. The average molecular weight is 377 g/mol. The number of hydrogen-bond donors (Lipinski definition) is 1. The monoisotopic (exact) mass is 375 g/mol. The summed E-state index contributed by atoms with van der Waals surface area (Å²) in [6.45, 7) is 3.29. The number of aromatic nitrogens is 3. The van der Waals surface area contributed by atoms with Crippen LogP contribution in [0.3, 0.4) is 0 Å². The quantitative estimate of drug-likeness (QED) is 0.885. The van der Waals surface area contributed by atoms with Crippen molar-refractivity contribution in [1.29, 1.82) is 0 Å². The Morgan fingerprint density at radius 1 is 1.09 bits per heavy atom. The fourth-order valence-corrected chi connectivity index (χ4v) is 3.11. The van der Waals surface area contributed by atoms with Crippen LogP contribution in [0.2, 0.25) is 10.0 Å². The van der Waals surface area contributed by atoms with Crippen molar-refractivity contribution in [3.05, 3.63) is 33.9 Å². The number of halogens is 3. The molecule has 0 spiro atoms. The lowest BCUT2D eigenvalue weighted by Gasteiger charge is -2.26. The van der Waals surface area contributed by atoms with E-state index in [9.17, 15) is 0 Å². The van der Waals surface area contributed by atoms with Gasteiger partial charge in [0.05, 0.1) is 21.4 Å². The van der Waals surface area contributed by atoms with Crippen LogP contribution in [0.4, 0.5) is 5.82 Å². The van der Waals surface area contributed by atoms with Gasteiger partial charge < -0.3 is 10.6 Å². The van der Waals surface area contributed by atoms with Crippen molar-refractivity contribution in [3.63, 3.8) is 0 Å². The van der Waals surface area contributed by atoms with Gasteiger partial charge >= 0.3 is 0 Å². The second-order valence-electron chi connectivity index (χ2n) is 5.58. The van der Waals surface area contributed by atoms with Crippen molar-refractivity contribution in [2.45, 2.75) is 25.7 Å². The van der Waals surface area contributed by atoms with E-state index < -0.39 is 0 Å². The molecule has 1 aromatic heterocycles. The van der Waals surface area contributed by atoms with Gasteiger partial charge in [0.1, 0.15) is 0 Å². The van der Waals surface area contributed by atoms with Gasteiger partial charge in [0, 0.05) is 13.0 Å². The van der Waals surface area contributed by atoms with Crippen LogP contribution in [0.15, 0.2) is 18.2 Å². The van der Waals surface area contributed by atoms with Gasteiger partial charge in [-0.1, -0.05) is 34.8 Å². The van der Waals surface area contributed by atoms with Gasteiger partial charge in [-0.15, -0.1) is 17.5 Å². The third-order valence-electron chi connectivity index (χ3n) is 4.05. The first-order chi connectivity index (χ1) is 10.6. The number of piperidine rings is 1. The molecule has 2 aromatic rings. The second-order valence-corrected chi connectivity index (χ2v) is 6.40. The molecule has 1 aliphatic heterocycles. The molecular weight excluding hydrogens is 357 g/mol.